The number of nitrogens with one attached hydrogen (secondary N) is 2. The third-order valence-corrected chi connectivity index (χ3v) is 8.34. The van der Waals surface area contributed by atoms with Crippen LogP contribution in [0.4, 0.5) is 22.0 Å². The first-order chi connectivity index (χ1) is 20.1. The highest BCUT2D eigenvalue weighted by atomic mass is 16.5. The van der Waals surface area contributed by atoms with Crippen molar-refractivity contribution in [1.82, 2.24) is 24.6 Å². The maximum absolute atomic E-state index is 12.7. The summed E-state index contributed by atoms with van der Waals surface area (Å²) in [4.78, 5) is 27.4. The molecule has 3 aliphatic rings. The van der Waals surface area contributed by atoms with E-state index in [4.69, 9.17) is 14.7 Å². The van der Waals surface area contributed by atoms with Crippen LogP contribution in [0, 0.1) is 0 Å². The van der Waals surface area contributed by atoms with Crippen molar-refractivity contribution in [2.45, 2.75) is 57.9 Å². The molecule has 0 saturated carbocycles. The fraction of sp³-hybridized carbons (Fsp3) is 0.419. The fourth-order valence-corrected chi connectivity index (χ4v) is 6.22. The van der Waals surface area contributed by atoms with Gasteiger partial charge in [0.05, 0.1) is 23.8 Å². The summed E-state index contributed by atoms with van der Waals surface area (Å²) in [5.74, 6) is 1.56. The van der Waals surface area contributed by atoms with Crippen LogP contribution in [0.5, 0.6) is 0 Å². The topological polar surface area (TPSA) is 100 Å². The molecule has 2 amide bonds. The van der Waals surface area contributed by atoms with Crippen LogP contribution in [0.25, 0.3) is 22.4 Å². The number of hydrogen-bond donors (Lipinski definition) is 2. The summed E-state index contributed by atoms with van der Waals surface area (Å²) in [5.41, 5.74) is 4.44. The Morgan fingerprint density at radius 1 is 0.927 bits per heavy atom. The molecule has 2 bridgehead atoms. The number of fused-ring (bicyclic) bond motifs is 3. The van der Waals surface area contributed by atoms with Crippen LogP contribution in [0.3, 0.4) is 0 Å². The highest BCUT2D eigenvalue weighted by molar-refractivity contribution is 5.99. The number of hydrogen-bond acceptors (Lipinski definition) is 7. The predicted octanol–water partition coefficient (Wildman–Crippen LogP) is 5.12. The Labute approximate surface area is 239 Å². The van der Waals surface area contributed by atoms with Crippen LogP contribution < -0.4 is 15.5 Å². The maximum Gasteiger partial charge on any atom is 0.323 e. The number of benzene rings is 2. The standard InChI is InChI=1S/C31H36N8O2/c1-2-39-30-27(17-32-39)29(38-19-25-13-14-26(20-38)41-25)35-28(36-30)22-7-11-24(12-8-22)34-31(40)33-23-9-5-21(6-10-23)18-37-15-3-4-16-37/h5-12,17,25-26H,2-4,13-16,18-20H2,1H3,(H2,33,34,40). The van der Waals surface area contributed by atoms with Crippen LogP contribution in [-0.2, 0) is 17.8 Å². The number of carbonyl (C=O) groups excluding carboxylic acids is 1. The second-order valence-electron chi connectivity index (χ2n) is 11.3. The Morgan fingerprint density at radius 3 is 2.24 bits per heavy atom. The van der Waals surface area contributed by atoms with Crippen LogP contribution in [0.1, 0.15) is 38.2 Å². The van der Waals surface area contributed by atoms with Gasteiger partial charge in [-0.1, -0.05) is 12.1 Å². The smallest absolute Gasteiger partial charge is 0.323 e. The third kappa shape index (κ3) is 5.49. The fourth-order valence-electron chi connectivity index (χ4n) is 6.22. The molecule has 10 nitrogen and oxygen atoms in total. The molecule has 41 heavy (non-hydrogen) atoms. The zero-order valence-electron chi connectivity index (χ0n) is 23.4. The number of nitrogens with zero attached hydrogens (tertiary/aromatic N) is 6. The van der Waals surface area contributed by atoms with Crippen LogP contribution in [-0.4, -0.2) is 69.1 Å². The molecular weight excluding hydrogens is 516 g/mol. The zero-order valence-corrected chi connectivity index (χ0v) is 23.4. The van der Waals surface area contributed by atoms with Gasteiger partial charge in [0, 0.05) is 43.1 Å². The largest absolute Gasteiger partial charge is 0.371 e. The molecule has 2 atom stereocenters. The quantitative estimate of drug-likeness (QED) is 0.328. The number of aryl methyl sites for hydroxylation is 1. The summed E-state index contributed by atoms with van der Waals surface area (Å²) in [7, 11) is 0. The SMILES string of the molecule is CCn1ncc2c(N3CC4CCC(C3)O4)nc(-c3ccc(NC(=O)Nc4ccc(CN5CCCC5)cc4)cc3)nc21. The molecule has 3 saturated heterocycles. The summed E-state index contributed by atoms with van der Waals surface area (Å²) in [6.07, 6.45) is 7.15. The van der Waals surface area contributed by atoms with Gasteiger partial charge in [0.1, 0.15) is 5.82 Å². The van der Waals surface area contributed by atoms with E-state index < -0.39 is 0 Å². The molecule has 10 heteroatoms. The van der Waals surface area contributed by atoms with Gasteiger partial charge in [0.15, 0.2) is 11.5 Å². The van der Waals surface area contributed by atoms with E-state index in [1.165, 1.54) is 31.5 Å². The van der Waals surface area contributed by atoms with Gasteiger partial charge in [-0.3, -0.25) is 4.90 Å². The minimum atomic E-state index is -0.279. The van der Waals surface area contributed by atoms with E-state index >= 15 is 0 Å². The number of urea groups is 1. The van der Waals surface area contributed by atoms with Gasteiger partial charge in [0.25, 0.3) is 0 Å². The van der Waals surface area contributed by atoms with Gasteiger partial charge in [-0.15, -0.1) is 0 Å². The highest BCUT2D eigenvalue weighted by Gasteiger charge is 2.35. The molecule has 7 rings (SSSR count). The number of morpholine rings is 1. The summed E-state index contributed by atoms with van der Waals surface area (Å²) >= 11 is 0. The third-order valence-electron chi connectivity index (χ3n) is 8.34. The van der Waals surface area contributed by atoms with E-state index in [0.717, 1.165) is 67.1 Å². The Bertz CT molecular complexity index is 1520. The summed E-state index contributed by atoms with van der Waals surface area (Å²) in [6, 6.07) is 15.5. The van der Waals surface area contributed by atoms with Gasteiger partial charge >= 0.3 is 6.03 Å². The van der Waals surface area contributed by atoms with Crippen molar-refractivity contribution in [3.8, 4) is 11.4 Å². The number of rotatable bonds is 7. The molecule has 0 radical (unpaired) electrons. The number of ether oxygens (including phenoxy) is 1. The van der Waals surface area contributed by atoms with Crippen molar-refractivity contribution >= 4 is 34.3 Å². The van der Waals surface area contributed by atoms with E-state index in [-0.39, 0.29) is 18.2 Å². The van der Waals surface area contributed by atoms with Crippen molar-refractivity contribution in [1.29, 1.82) is 0 Å². The zero-order chi connectivity index (χ0) is 27.8. The number of aromatic nitrogens is 4. The number of carbonyl (C=O) groups is 1. The van der Waals surface area contributed by atoms with Gasteiger partial charge in [-0.25, -0.2) is 19.4 Å². The molecule has 2 unspecified atom stereocenters. The molecule has 3 aliphatic heterocycles. The van der Waals surface area contributed by atoms with E-state index in [1.807, 2.05) is 47.3 Å². The van der Waals surface area contributed by atoms with Crippen LogP contribution in [0.2, 0.25) is 0 Å². The Morgan fingerprint density at radius 2 is 1.59 bits per heavy atom. The molecule has 5 heterocycles. The minimum absolute atomic E-state index is 0.257. The second kappa shape index (κ2) is 11.1. The average molecular weight is 553 g/mol. The average Bonchev–Trinajstić information content (AvgIpc) is 3.74. The molecular formula is C31H36N8O2. The molecule has 2 aromatic carbocycles. The molecule has 3 fully saturated rings. The molecule has 2 aromatic heterocycles. The molecule has 0 aliphatic carbocycles. The Hall–Kier alpha value is -4.02. The Kier molecular flexibility index (Phi) is 7.02. The van der Waals surface area contributed by atoms with Gasteiger partial charge in [-0.05, 0) is 87.7 Å². The van der Waals surface area contributed by atoms with E-state index in [9.17, 15) is 4.79 Å². The summed E-state index contributed by atoms with van der Waals surface area (Å²) in [6.45, 7) is 7.76. The molecule has 4 aromatic rings. The van der Waals surface area contributed by atoms with Gasteiger partial charge in [0.2, 0.25) is 0 Å². The molecule has 212 valence electrons. The van der Waals surface area contributed by atoms with Crippen LogP contribution >= 0.6 is 0 Å². The lowest BCUT2D eigenvalue weighted by atomic mass is 10.2. The lowest BCUT2D eigenvalue weighted by molar-refractivity contribution is 0.0303. The van der Waals surface area contributed by atoms with Gasteiger partial charge < -0.3 is 20.3 Å². The first-order valence-corrected chi connectivity index (χ1v) is 14.7. The van der Waals surface area contributed by atoms with E-state index in [1.54, 1.807) is 0 Å². The molecule has 0 spiro atoms. The summed E-state index contributed by atoms with van der Waals surface area (Å²) < 4.78 is 7.98. The monoisotopic (exact) mass is 552 g/mol. The lowest BCUT2D eigenvalue weighted by Crippen LogP contribution is -2.43. The van der Waals surface area contributed by atoms with Crippen molar-refractivity contribution in [3.63, 3.8) is 0 Å². The lowest BCUT2D eigenvalue weighted by Gasteiger charge is -2.33. The van der Waals surface area contributed by atoms with Gasteiger partial charge in [-0.2, -0.15) is 5.10 Å². The van der Waals surface area contributed by atoms with Crippen molar-refractivity contribution in [2.24, 2.45) is 0 Å². The summed E-state index contributed by atoms with van der Waals surface area (Å²) in [5, 5.41) is 11.4. The van der Waals surface area contributed by atoms with Crippen LogP contribution in [0.15, 0.2) is 54.7 Å². The van der Waals surface area contributed by atoms with Crippen molar-refractivity contribution < 1.29 is 9.53 Å². The first kappa shape index (κ1) is 25.9. The first-order valence-electron chi connectivity index (χ1n) is 14.7. The Balaban J connectivity index is 1.05. The van der Waals surface area contributed by atoms with E-state index in [0.29, 0.717) is 11.5 Å². The number of amides is 2. The number of likely N-dealkylation sites (tertiary alicyclic amines) is 1. The van der Waals surface area contributed by atoms with Crippen molar-refractivity contribution in [2.75, 3.05) is 41.7 Å². The number of anilines is 3. The van der Waals surface area contributed by atoms with E-state index in [2.05, 4.69) is 44.6 Å². The molecule has 2 N–H and O–H groups in total. The maximum atomic E-state index is 12.7. The predicted molar refractivity (Wildman–Crippen MR) is 160 cm³/mol. The second-order valence-corrected chi connectivity index (χ2v) is 11.3. The minimum Gasteiger partial charge on any atom is -0.371 e. The highest BCUT2D eigenvalue weighted by Crippen LogP contribution is 2.33. The normalized spacial score (nSPS) is 20.6. The van der Waals surface area contributed by atoms with Crippen molar-refractivity contribution in [3.05, 3.63) is 60.3 Å².